The summed E-state index contributed by atoms with van der Waals surface area (Å²) >= 11 is 1.30. The molecule has 116 valence electrons. The first kappa shape index (κ1) is 14.8. The topological polar surface area (TPSA) is 86.9 Å². The maximum absolute atomic E-state index is 12.4. The minimum atomic E-state index is -0.179. The minimum Gasteiger partial charge on any atom is -0.318 e. The second-order valence-corrected chi connectivity index (χ2v) is 6.70. The number of aryl methyl sites for hydroxylation is 3. The number of aromatic amines is 1. The van der Waals surface area contributed by atoms with Crippen LogP contribution in [0, 0.1) is 26.7 Å². The fraction of sp³-hybridized carbons (Fsp3) is 0.400. The van der Waals surface area contributed by atoms with Crippen molar-refractivity contribution in [1.82, 2.24) is 10.2 Å². The predicted molar refractivity (Wildman–Crippen MR) is 86.4 cm³/mol. The van der Waals surface area contributed by atoms with Crippen molar-refractivity contribution in [1.29, 1.82) is 0 Å². The Hall–Kier alpha value is -2.15. The Labute approximate surface area is 132 Å². The standard InChI is InChI=1S/C15H18N4O2S/c1-7-6-11(16-14(20)10-4-5-10)22-13(7)15(21)17-12-8(2)18-19-9(12)3/h6,10H,4-5H2,1-3H3,(H,16,20)(H,17,21)(H,18,19). The van der Waals surface area contributed by atoms with Crippen LogP contribution in [0.5, 0.6) is 0 Å². The summed E-state index contributed by atoms with van der Waals surface area (Å²) in [5.41, 5.74) is 3.14. The normalized spacial score (nSPS) is 14.0. The maximum atomic E-state index is 12.4. The molecular formula is C15H18N4O2S. The van der Waals surface area contributed by atoms with Gasteiger partial charge in [0.2, 0.25) is 5.91 Å². The maximum Gasteiger partial charge on any atom is 0.266 e. The first-order valence-electron chi connectivity index (χ1n) is 7.20. The molecule has 7 heteroatoms. The zero-order chi connectivity index (χ0) is 15.9. The van der Waals surface area contributed by atoms with E-state index in [1.165, 1.54) is 11.3 Å². The first-order chi connectivity index (χ1) is 10.5. The molecule has 0 bridgehead atoms. The van der Waals surface area contributed by atoms with Gasteiger partial charge in [0, 0.05) is 5.92 Å². The number of carbonyl (C=O) groups is 2. The van der Waals surface area contributed by atoms with E-state index in [9.17, 15) is 9.59 Å². The summed E-state index contributed by atoms with van der Waals surface area (Å²) in [6.07, 6.45) is 1.92. The lowest BCUT2D eigenvalue weighted by atomic mass is 10.2. The summed E-state index contributed by atoms with van der Waals surface area (Å²) in [7, 11) is 0. The van der Waals surface area contributed by atoms with Crippen molar-refractivity contribution in [3.63, 3.8) is 0 Å². The lowest BCUT2D eigenvalue weighted by molar-refractivity contribution is -0.117. The van der Waals surface area contributed by atoms with Crippen LogP contribution in [0.2, 0.25) is 0 Å². The molecule has 0 aliphatic heterocycles. The second-order valence-electron chi connectivity index (χ2n) is 5.65. The van der Waals surface area contributed by atoms with E-state index in [-0.39, 0.29) is 17.7 Å². The third-order valence-electron chi connectivity index (χ3n) is 3.69. The highest BCUT2D eigenvalue weighted by atomic mass is 32.1. The average molecular weight is 318 g/mol. The molecule has 3 rings (SSSR count). The molecule has 2 amide bonds. The summed E-state index contributed by atoms with van der Waals surface area (Å²) in [4.78, 5) is 24.8. The van der Waals surface area contributed by atoms with Crippen LogP contribution < -0.4 is 10.6 Å². The van der Waals surface area contributed by atoms with Crippen LogP contribution in [0.15, 0.2) is 6.07 Å². The van der Waals surface area contributed by atoms with Crippen LogP contribution in [0.4, 0.5) is 10.7 Å². The van der Waals surface area contributed by atoms with E-state index in [1.807, 2.05) is 26.8 Å². The zero-order valence-electron chi connectivity index (χ0n) is 12.7. The molecular weight excluding hydrogens is 300 g/mol. The number of rotatable bonds is 4. The molecule has 22 heavy (non-hydrogen) atoms. The van der Waals surface area contributed by atoms with Gasteiger partial charge in [-0.25, -0.2) is 0 Å². The van der Waals surface area contributed by atoms with Crippen LogP contribution in [0.3, 0.4) is 0 Å². The SMILES string of the molecule is Cc1cc(NC(=O)C2CC2)sc1C(=O)Nc1c(C)n[nH]c1C. The largest absolute Gasteiger partial charge is 0.318 e. The van der Waals surface area contributed by atoms with Crippen LogP contribution in [0.25, 0.3) is 0 Å². The Morgan fingerprint density at radius 3 is 2.59 bits per heavy atom. The molecule has 0 saturated heterocycles. The number of anilines is 2. The molecule has 3 N–H and O–H groups in total. The second kappa shape index (κ2) is 5.57. The molecule has 0 unspecified atom stereocenters. The van der Waals surface area contributed by atoms with E-state index < -0.39 is 0 Å². The highest BCUT2D eigenvalue weighted by molar-refractivity contribution is 7.18. The smallest absolute Gasteiger partial charge is 0.266 e. The van der Waals surface area contributed by atoms with Crippen LogP contribution >= 0.6 is 11.3 Å². The molecule has 2 aromatic heterocycles. The fourth-order valence-electron chi connectivity index (χ4n) is 2.24. The van der Waals surface area contributed by atoms with Gasteiger partial charge in [-0.05, 0) is 45.2 Å². The van der Waals surface area contributed by atoms with Crippen LogP contribution in [0.1, 0.15) is 39.5 Å². The molecule has 0 atom stereocenters. The monoisotopic (exact) mass is 318 g/mol. The summed E-state index contributed by atoms with van der Waals surface area (Å²) < 4.78 is 0. The molecule has 2 heterocycles. The Bertz CT molecular complexity index is 723. The van der Waals surface area contributed by atoms with Crippen molar-refractivity contribution in [2.24, 2.45) is 5.92 Å². The zero-order valence-corrected chi connectivity index (χ0v) is 13.6. The van der Waals surface area contributed by atoms with Crippen molar-refractivity contribution >= 4 is 33.8 Å². The van der Waals surface area contributed by atoms with Gasteiger partial charge in [-0.3, -0.25) is 14.7 Å². The van der Waals surface area contributed by atoms with Gasteiger partial charge in [-0.2, -0.15) is 5.10 Å². The van der Waals surface area contributed by atoms with Crippen molar-refractivity contribution in [3.05, 3.63) is 27.9 Å². The molecule has 0 radical (unpaired) electrons. The van der Waals surface area contributed by atoms with E-state index in [0.717, 1.165) is 34.8 Å². The Kier molecular flexibility index (Phi) is 3.74. The molecule has 2 aromatic rings. The van der Waals surface area contributed by atoms with Crippen LogP contribution in [-0.4, -0.2) is 22.0 Å². The molecule has 1 aliphatic rings. The number of hydrogen-bond acceptors (Lipinski definition) is 4. The third-order valence-corrected chi connectivity index (χ3v) is 4.84. The van der Waals surface area contributed by atoms with Gasteiger partial charge >= 0.3 is 0 Å². The Morgan fingerprint density at radius 2 is 2.00 bits per heavy atom. The molecule has 0 aromatic carbocycles. The number of hydrogen-bond donors (Lipinski definition) is 3. The number of H-pyrrole nitrogens is 1. The van der Waals surface area contributed by atoms with Crippen molar-refractivity contribution in [3.8, 4) is 0 Å². The number of carbonyl (C=O) groups excluding carboxylic acids is 2. The Balaban J connectivity index is 1.75. The van der Waals surface area contributed by atoms with Crippen molar-refractivity contribution in [2.45, 2.75) is 33.6 Å². The molecule has 0 spiro atoms. The van der Waals surface area contributed by atoms with Crippen LogP contribution in [-0.2, 0) is 4.79 Å². The van der Waals surface area contributed by atoms with Gasteiger partial charge in [0.1, 0.15) is 0 Å². The first-order valence-corrected chi connectivity index (χ1v) is 8.01. The minimum absolute atomic E-state index is 0.0507. The molecule has 1 saturated carbocycles. The summed E-state index contributed by atoms with van der Waals surface area (Å²) in [6, 6.07) is 1.84. The molecule has 1 fully saturated rings. The van der Waals surface area contributed by atoms with Gasteiger partial charge in [0.05, 0.1) is 27.0 Å². The molecule has 1 aliphatic carbocycles. The number of nitrogens with zero attached hydrogens (tertiary/aromatic N) is 1. The van der Waals surface area contributed by atoms with Gasteiger partial charge < -0.3 is 10.6 Å². The molecule has 6 nitrogen and oxygen atoms in total. The van der Waals surface area contributed by atoms with E-state index in [4.69, 9.17) is 0 Å². The highest BCUT2D eigenvalue weighted by Gasteiger charge is 2.30. The summed E-state index contributed by atoms with van der Waals surface area (Å²) in [5.74, 6) is 0.0210. The third kappa shape index (κ3) is 2.89. The summed E-state index contributed by atoms with van der Waals surface area (Å²) in [6.45, 7) is 5.56. The number of nitrogens with one attached hydrogen (secondary N) is 3. The van der Waals surface area contributed by atoms with Crippen molar-refractivity contribution in [2.75, 3.05) is 10.6 Å². The number of thiophene rings is 1. The highest BCUT2D eigenvalue weighted by Crippen LogP contribution is 2.33. The van der Waals surface area contributed by atoms with Gasteiger partial charge in [0.25, 0.3) is 5.91 Å². The van der Waals surface area contributed by atoms with Gasteiger partial charge in [-0.15, -0.1) is 11.3 Å². The predicted octanol–water partition coefficient (Wildman–Crippen LogP) is 3.00. The lowest BCUT2D eigenvalue weighted by Crippen LogP contribution is -2.13. The average Bonchev–Trinajstić information content (AvgIpc) is 3.20. The number of aromatic nitrogens is 2. The lowest BCUT2D eigenvalue weighted by Gasteiger charge is -2.04. The van der Waals surface area contributed by atoms with Crippen molar-refractivity contribution < 1.29 is 9.59 Å². The fourth-order valence-corrected chi connectivity index (χ4v) is 3.21. The van der Waals surface area contributed by atoms with E-state index in [1.54, 1.807) is 0 Å². The van der Waals surface area contributed by atoms with E-state index >= 15 is 0 Å². The number of amides is 2. The van der Waals surface area contributed by atoms with E-state index in [2.05, 4.69) is 20.8 Å². The summed E-state index contributed by atoms with van der Waals surface area (Å²) in [5, 5.41) is 13.4. The Morgan fingerprint density at radius 1 is 1.27 bits per heavy atom. The van der Waals surface area contributed by atoms with Gasteiger partial charge in [-0.1, -0.05) is 0 Å². The van der Waals surface area contributed by atoms with E-state index in [0.29, 0.717) is 10.6 Å². The van der Waals surface area contributed by atoms with Gasteiger partial charge in [0.15, 0.2) is 0 Å². The quantitative estimate of drug-likeness (QED) is 0.810.